The summed E-state index contributed by atoms with van der Waals surface area (Å²) in [5.41, 5.74) is 0.586. The smallest absolute Gasteiger partial charge is 0.416 e. The van der Waals surface area contributed by atoms with Crippen LogP contribution in [0.3, 0.4) is 0 Å². The monoisotopic (exact) mass is 305 g/mol. The van der Waals surface area contributed by atoms with E-state index in [1.807, 2.05) is 30.5 Å². The first-order valence-electron chi connectivity index (χ1n) is 6.89. The van der Waals surface area contributed by atoms with Crippen LogP contribution in [-0.2, 0) is 12.6 Å². The molecule has 0 spiro atoms. The zero-order valence-electron chi connectivity index (χ0n) is 11.7. The van der Waals surface area contributed by atoms with Gasteiger partial charge in [0.05, 0.1) is 12.2 Å². The second-order valence-corrected chi connectivity index (χ2v) is 4.98. The van der Waals surface area contributed by atoms with Crippen LogP contribution in [0.2, 0.25) is 0 Å². The third kappa shape index (κ3) is 3.08. The summed E-state index contributed by atoms with van der Waals surface area (Å²) in [5.74, 6) is 0.638. The molecule has 3 aromatic rings. The van der Waals surface area contributed by atoms with Gasteiger partial charge >= 0.3 is 6.18 Å². The summed E-state index contributed by atoms with van der Waals surface area (Å²) in [5, 5.41) is 1.06. The van der Waals surface area contributed by atoms with E-state index in [0.29, 0.717) is 5.75 Å². The minimum atomic E-state index is -4.33. The standard InChI is InChI=1S/C17H14F3NO/c18-17(19,20)15-4-2-1-3-12(15)8-10-22-14-6-5-13-7-9-21-16(13)11-14/h1-7,9,11,21H,8,10H2. The number of hydrogen-bond donors (Lipinski definition) is 1. The van der Waals surface area contributed by atoms with Crippen molar-refractivity contribution in [1.82, 2.24) is 4.98 Å². The molecular formula is C17H14F3NO. The van der Waals surface area contributed by atoms with Crippen molar-refractivity contribution >= 4 is 10.9 Å². The Labute approximate surface area is 125 Å². The molecule has 3 rings (SSSR count). The normalized spacial score (nSPS) is 11.8. The predicted molar refractivity (Wildman–Crippen MR) is 78.9 cm³/mol. The lowest BCUT2D eigenvalue weighted by Crippen LogP contribution is -2.11. The summed E-state index contributed by atoms with van der Waals surface area (Å²) >= 11 is 0. The van der Waals surface area contributed by atoms with Crippen LogP contribution in [0.15, 0.2) is 54.7 Å². The van der Waals surface area contributed by atoms with Crippen molar-refractivity contribution in [3.05, 3.63) is 65.9 Å². The second-order valence-electron chi connectivity index (χ2n) is 4.98. The number of benzene rings is 2. The lowest BCUT2D eigenvalue weighted by molar-refractivity contribution is -0.138. The van der Waals surface area contributed by atoms with Crippen LogP contribution >= 0.6 is 0 Å². The minimum absolute atomic E-state index is 0.194. The Morgan fingerprint density at radius 1 is 1.00 bits per heavy atom. The molecule has 0 fully saturated rings. The fourth-order valence-electron chi connectivity index (χ4n) is 2.41. The van der Waals surface area contributed by atoms with Crippen molar-refractivity contribution in [3.8, 4) is 5.75 Å². The average molecular weight is 305 g/mol. The summed E-state index contributed by atoms with van der Waals surface area (Å²) in [7, 11) is 0. The fraction of sp³-hybridized carbons (Fsp3) is 0.176. The number of fused-ring (bicyclic) bond motifs is 1. The number of halogens is 3. The van der Waals surface area contributed by atoms with Gasteiger partial charge in [-0.2, -0.15) is 13.2 Å². The molecule has 0 saturated heterocycles. The summed E-state index contributed by atoms with van der Waals surface area (Å²) in [6.07, 6.45) is -2.30. The number of aromatic nitrogens is 1. The van der Waals surface area contributed by atoms with Crippen LogP contribution in [0, 0.1) is 0 Å². The summed E-state index contributed by atoms with van der Waals surface area (Å²) in [6.45, 7) is 0.194. The number of rotatable bonds is 4. The van der Waals surface area contributed by atoms with E-state index in [2.05, 4.69) is 4.98 Å². The first-order chi connectivity index (χ1) is 10.5. The molecule has 0 aliphatic heterocycles. The largest absolute Gasteiger partial charge is 0.493 e. The molecule has 2 nitrogen and oxygen atoms in total. The summed E-state index contributed by atoms with van der Waals surface area (Å²) in [4.78, 5) is 3.07. The summed E-state index contributed by atoms with van der Waals surface area (Å²) in [6, 6.07) is 13.1. The Kier molecular flexibility index (Phi) is 3.79. The molecule has 0 aliphatic rings. The second kappa shape index (κ2) is 5.75. The van der Waals surface area contributed by atoms with Crippen molar-refractivity contribution in [2.45, 2.75) is 12.6 Å². The van der Waals surface area contributed by atoms with Gasteiger partial charge in [0.2, 0.25) is 0 Å². The number of alkyl halides is 3. The van der Waals surface area contributed by atoms with Crippen molar-refractivity contribution in [2.75, 3.05) is 6.61 Å². The van der Waals surface area contributed by atoms with E-state index in [0.717, 1.165) is 17.0 Å². The molecule has 0 bridgehead atoms. The van der Waals surface area contributed by atoms with Gasteiger partial charge in [0.15, 0.2) is 0 Å². The van der Waals surface area contributed by atoms with E-state index in [1.165, 1.54) is 12.1 Å². The van der Waals surface area contributed by atoms with E-state index >= 15 is 0 Å². The Balaban J connectivity index is 1.68. The quantitative estimate of drug-likeness (QED) is 0.735. The van der Waals surface area contributed by atoms with Gasteiger partial charge in [0.25, 0.3) is 0 Å². The van der Waals surface area contributed by atoms with Crippen molar-refractivity contribution in [2.24, 2.45) is 0 Å². The van der Waals surface area contributed by atoms with Gasteiger partial charge in [-0.15, -0.1) is 0 Å². The van der Waals surface area contributed by atoms with Crippen LogP contribution < -0.4 is 4.74 Å². The Hall–Kier alpha value is -2.43. The maximum Gasteiger partial charge on any atom is 0.416 e. The van der Waals surface area contributed by atoms with E-state index in [9.17, 15) is 13.2 Å². The molecule has 0 radical (unpaired) electrons. The third-order valence-corrected chi connectivity index (χ3v) is 3.49. The van der Waals surface area contributed by atoms with Crippen molar-refractivity contribution in [3.63, 3.8) is 0 Å². The molecule has 1 N–H and O–H groups in total. The Morgan fingerprint density at radius 2 is 1.82 bits per heavy atom. The van der Waals surface area contributed by atoms with E-state index in [1.54, 1.807) is 6.07 Å². The first-order valence-corrected chi connectivity index (χ1v) is 6.89. The van der Waals surface area contributed by atoms with E-state index in [4.69, 9.17) is 4.74 Å². The van der Waals surface area contributed by atoms with Gasteiger partial charge in [-0.05, 0) is 35.2 Å². The fourth-order valence-corrected chi connectivity index (χ4v) is 2.41. The Bertz CT molecular complexity index is 777. The van der Waals surface area contributed by atoms with Gasteiger partial charge in [0, 0.05) is 24.2 Å². The molecule has 0 aliphatic carbocycles. The molecule has 5 heteroatoms. The highest BCUT2D eigenvalue weighted by molar-refractivity contribution is 5.80. The van der Waals surface area contributed by atoms with Crippen LogP contribution in [0.25, 0.3) is 10.9 Å². The molecule has 114 valence electrons. The number of hydrogen-bond acceptors (Lipinski definition) is 1. The summed E-state index contributed by atoms with van der Waals surface area (Å²) < 4.78 is 44.2. The number of H-pyrrole nitrogens is 1. The van der Waals surface area contributed by atoms with E-state index in [-0.39, 0.29) is 18.6 Å². The molecule has 0 unspecified atom stereocenters. The molecular weight excluding hydrogens is 291 g/mol. The molecule has 0 amide bonds. The molecule has 0 atom stereocenters. The maximum atomic E-state index is 12.9. The zero-order valence-corrected chi connectivity index (χ0v) is 11.7. The molecule has 2 aromatic carbocycles. The van der Waals surface area contributed by atoms with Crippen molar-refractivity contribution < 1.29 is 17.9 Å². The molecule has 1 aromatic heterocycles. The number of aromatic amines is 1. The van der Waals surface area contributed by atoms with Crippen LogP contribution in [-0.4, -0.2) is 11.6 Å². The number of nitrogens with one attached hydrogen (secondary N) is 1. The minimum Gasteiger partial charge on any atom is -0.493 e. The topological polar surface area (TPSA) is 25.0 Å². The highest BCUT2D eigenvalue weighted by atomic mass is 19.4. The van der Waals surface area contributed by atoms with Gasteiger partial charge in [0.1, 0.15) is 5.75 Å². The van der Waals surface area contributed by atoms with Crippen LogP contribution in [0.1, 0.15) is 11.1 Å². The molecule has 1 heterocycles. The maximum absolute atomic E-state index is 12.9. The molecule has 0 saturated carbocycles. The molecule has 22 heavy (non-hydrogen) atoms. The van der Waals surface area contributed by atoms with Crippen molar-refractivity contribution in [1.29, 1.82) is 0 Å². The van der Waals surface area contributed by atoms with Gasteiger partial charge in [-0.25, -0.2) is 0 Å². The van der Waals surface area contributed by atoms with E-state index < -0.39 is 11.7 Å². The highest BCUT2D eigenvalue weighted by Gasteiger charge is 2.32. The number of ether oxygens (including phenoxy) is 1. The van der Waals surface area contributed by atoms with Crippen LogP contribution in [0.5, 0.6) is 5.75 Å². The SMILES string of the molecule is FC(F)(F)c1ccccc1CCOc1ccc2cc[nH]c2c1. The Morgan fingerprint density at radius 3 is 2.64 bits per heavy atom. The highest BCUT2D eigenvalue weighted by Crippen LogP contribution is 2.32. The predicted octanol–water partition coefficient (Wildman–Crippen LogP) is 4.81. The van der Waals surface area contributed by atoms with Gasteiger partial charge in [-0.1, -0.05) is 18.2 Å². The first kappa shape index (κ1) is 14.5. The lowest BCUT2D eigenvalue weighted by atomic mass is 10.0. The van der Waals surface area contributed by atoms with Gasteiger partial charge < -0.3 is 9.72 Å². The third-order valence-electron chi connectivity index (χ3n) is 3.49. The van der Waals surface area contributed by atoms with Gasteiger partial charge in [-0.3, -0.25) is 0 Å². The van der Waals surface area contributed by atoms with Crippen LogP contribution in [0.4, 0.5) is 13.2 Å². The zero-order chi connectivity index (χ0) is 15.6. The average Bonchev–Trinajstić information content (AvgIpc) is 2.94. The lowest BCUT2D eigenvalue weighted by Gasteiger charge is -2.13.